The number of carbonyl (C=O) groups is 2. The van der Waals surface area contributed by atoms with Gasteiger partial charge >= 0.3 is 0 Å². The highest BCUT2D eigenvalue weighted by atomic mass is 32.2. The second-order valence-corrected chi connectivity index (χ2v) is 8.97. The van der Waals surface area contributed by atoms with Gasteiger partial charge in [-0.1, -0.05) is 6.07 Å². The quantitative estimate of drug-likeness (QED) is 0.835. The van der Waals surface area contributed by atoms with Gasteiger partial charge in [-0.2, -0.15) is 0 Å². The van der Waals surface area contributed by atoms with Crippen molar-refractivity contribution >= 4 is 21.8 Å². The Kier molecular flexibility index (Phi) is 6.41. The zero-order chi connectivity index (χ0) is 19.5. The first-order valence-corrected chi connectivity index (χ1v) is 10.2. The summed E-state index contributed by atoms with van der Waals surface area (Å²) in [5, 5.41) is 2.68. The minimum atomic E-state index is -3.65. The van der Waals surface area contributed by atoms with E-state index in [1.165, 1.54) is 20.2 Å². The molecule has 1 aromatic rings. The zero-order valence-corrected chi connectivity index (χ0v) is 16.6. The second-order valence-electron chi connectivity index (χ2n) is 6.85. The normalized spacial score (nSPS) is 16.4. The molecule has 7 nitrogen and oxygen atoms in total. The Hall–Kier alpha value is -1.93. The lowest BCUT2D eigenvalue weighted by Gasteiger charge is -2.29. The molecule has 0 aliphatic carbocycles. The average molecular weight is 381 g/mol. The summed E-state index contributed by atoms with van der Waals surface area (Å²) in [6.45, 7) is 4.77. The fourth-order valence-corrected chi connectivity index (χ4v) is 4.09. The number of piperidine rings is 1. The Morgan fingerprint density at radius 1 is 1.15 bits per heavy atom. The molecule has 0 aromatic heterocycles. The number of nitrogens with zero attached hydrogens (tertiary/aromatic N) is 2. The first-order chi connectivity index (χ1) is 12.1. The molecule has 0 radical (unpaired) electrons. The lowest BCUT2D eigenvalue weighted by Crippen LogP contribution is -2.48. The minimum Gasteiger partial charge on any atom is -0.341 e. The van der Waals surface area contributed by atoms with Crippen molar-refractivity contribution in [3.05, 3.63) is 29.3 Å². The van der Waals surface area contributed by atoms with E-state index in [2.05, 4.69) is 5.32 Å². The van der Waals surface area contributed by atoms with Gasteiger partial charge in [-0.15, -0.1) is 0 Å². The van der Waals surface area contributed by atoms with Crippen LogP contribution >= 0.6 is 0 Å². The van der Waals surface area contributed by atoms with Crippen molar-refractivity contribution in [3.8, 4) is 0 Å². The molecule has 1 fully saturated rings. The van der Waals surface area contributed by atoms with Crippen molar-refractivity contribution in [1.82, 2.24) is 14.5 Å². The van der Waals surface area contributed by atoms with Crippen LogP contribution < -0.4 is 5.32 Å². The topological polar surface area (TPSA) is 86.8 Å². The largest absolute Gasteiger partial charge is 0.341 e. The van der Waals surface area contributed by atoms with Crippen LogP contribution in [0.3, 0.4) is 0 Å². The van der Waals surface area contributed by atoms with E-state index < -0.39 is 22.0 Å². The Balaban J connectivity index is 2.15. The first-order valence-electron chi connectivity index (χ1n) is 8.77. The SMILES string of the molecule is Cc1ccc(C(=O)N[C@@H](C)C(=O)N2CCCCC2)cc1S(=O)(=O)N(C)C. The maximum atomic E-state index is 12.5. The monoisotopic (exact) mass is 381 g/mol. The van der Waals surface area contributed by atoms with Crippen LogP contribution in [0.2, 0.25) is 0 Å². The molecule has 1 aliphatic rings. The fraction of sp³-hybridized carbons (Fsp3) is 0.556. The van der Waals surface area contributed by atoms with Crippen LogP contribution in [0, 0.1) is 6.92 Å². The average Bonchev–Trinajstić information content (AvgIpc) is 2.61. The van der Waals surface area contributed by atoms with Crippen molar-refractivity contribution in [2.24, 2.45) is 0 Å². The van der Waals surface area contributed by atoms with E-state index in [1.807, 2.05) is 0 Å². The van der Waals surface area contributed by atoms with Crippen molar-refractivity contribution < 1.29 is 18.0 Å². The van der Waals surface area contributed by atoms with Crippen molar-refractivity contribution in [1.29, 1.82) is 0 Å². The molecule has 8 heteroatoms. The summed E-state index contributed by atoms with van der Waals surface area (Å²) in [5.41, 5.74) is 0.780. The highest BCUT2D eigenvalue weighted by Gasteiger charge is 2.25. The smallest absolute Gasteiger partial charge is 0.251 e. The van der Waals surface area contributed by atoms with Crippen molar-refractivity contribution in [2.45, 2.75) is 44.0 Å². The maximum Gasteiger partial charge on any atom is 0.251 e. The summed E-state index contributed by atoms with van der Waals surface area (Å²) in [6.07, 6.45) is 3.09. The summed E-state index contributed by atoms with van der Waals surface area (Å²) >= 11 is 0. The molecule has 2 amide bonds. The van der Waals surface area contributed by atoms with Crippen LogP contribution in [0.25, 0.3) is 0 Å². The van der Waals surface area contributed by atoms with Crippen molar-refractivity contribution in [3.63, 3.8) is 0 Å². The molecule has 26 heavy (non-hydrogen) atoms. The molecule has 1 heterocycles. The summed E-state index contributed by atoms with van der Waals surface area (Å²) in [6, 6.07) is 3.87. The Bertz CT molecular complexity index is 784. The molecule has 1 N–H and O–H groups in total. The predicted octanol–water partition coefficient (Wildman–Crippen LogP) is 1.38. The molecule has 1 atom stereocenters. The summed E-state index contributed by atoms with van der Waals surface area (Å²) < 4.78 is 25.9. The third-order valence-electron chi connectivity index (χ3n) is 4.59. The van der Waals surface area contributed by atoms with Crippen LogP contribution in [-0.4, -0.2) is 62.7 Å². The molecule has 144 valence electrons. The molecular weight excluding hydrogens is 354 g/mol. The third-order valence-corrected chi connectivity index (χ3v) is 6.55. The summed E-state index contributed by atoms with van der Waals surface area (Å²) in [4.78, 5) is 26.8. The van der Waals surface area contributed by atoms with Crippen LogP contribution in [0.15, 0.2) is 23.1 Å². The van der Waals surface area contributed by atoms with E-state index in [1.54, 1.807) is 30.9 Å². The zero-order valence-electron chi connectivity index (χ0n) is 15.8. The molecule has 1 aromatic carbocycles. The number of sulfonamides is 1. The number of likely N-dealkylation sites (tertiary alicyclic amines) is 1. The lowest BCUT2D eigenvalue weighted by molar-refractivity contribution is -0.133. The van der Waals surface area contributed by atoms with Gasteiger partial charge in [-0.25, -0.2) is 12.7 Å². The fourth-order valence-electron chi connectivity index (χ4n) is 2.95. The Labute approximate surface area is 155 Å². The number of amides is 2. The number of hydrogen-bond acceptors (Lipinski definition) is 4. The van der Waals surface area contributed by atoms with Gasteiger partial charge in [0.15, 0.2) is 0 Å². The highest BCUT2D eigenvalue weighted by molar-refractivity contribution is 7.89. The lowest BCUT2D eigenvalue weighted by atomic mass is 10.1. The minimum absolute atomic E-state index is 0.0881. The van der Waals surface area contributed by atoms with E-state index >= 15 is 0 Å². The van der Waals surface area contributed by atoms with Crippen molar-refractivity contribution in [2.75, 3.05) is 27.2 Å². The number of aryl methyl sites for hydroxylation is 1. The third kappa shape index (κ3) is 4.42. The van der Waals surface area contributed by atoms with Crippen LogP contribution in [0.1, 0.15) is 42.1 Å². The van der Waals surface area contributed by atoms with Gasteiger partial charge in [0.05, 0.1) is 4.90 Å². The first kappa shape index (κ1) is 20.4. The molecule has 1 aliphatic heterocycles. The van der Waals surface area contributed by atoms with Crippen LogP contribution in [0.5, 0.6) is 0 Å². The summed E-state index contributed by atoms with van der Waals surface area (Å²) in [5.74, 6) is -0.565. The van der Waals surface area contributed by atoms with Crippen LogP contribution in [-0.2, 0) is 14.8 Å². The van der Waals surface area contributed by atoms with Crippen LogP contribution in [0.4, 0.5) is 0 Å². The molecular formula is C18H27N3O4S. The van der Waals surface area contributed by atoms with Gasteiger partial charge < -0.3 is 10.2 Å². The Morgan fingerprint density at radius 2 is 1.77 bits per heavy atom. The number of carbonyl (C=O) groups excluding carboxylic acids is 2. The molecule has 0 bridgehead atoms. The standard InChI is InChI=1S/C18H27N3O4S/c1-13-8-9-15(12-16(13)26(24,25)20(3)4)17(22)19-14(2)18(23)21-10-6-5-7-11-21/h8-9,12,14H,5-7,10-11H2,1-4H3,(H,19,22)/t14-/m0/s1. The predicted molar refractivity (Wildman–Crippen MR) is 99.4 cm³/mol. The number of benzene rings is 1. The van der Waals surface area contributed by atoms with Gasteiger partial charge in [0.1, 0.15) is 6.04 Å². The molecule has 0 saturated carbocycles. The molecule has 2 rings (SSSR count). The highest BCUT2D eigenvalue weighted by Crippen LogP contribution is 2.20. The van der Waals surface area contributed by atoms with E-state index in [0.717, 1.165) is 36.7 Å². The number of hydrogen-bond donors (Lipinski definition) is 1. The van der Waals surface area contributed by atoms with Gasteiger partial charge in [0.25, 0.3) is 5.91 Å². The van der Waals surface area contributed by atoms with Gasteiger partial charge in [-0.05, 0) is 50.8 Å². The van der Waals surface area contributed by atoms with Gasteiger partial charge in [0.2, 0.25) is 15.9 Å². The molecule has 1 saturated heterocycles. The van der Waals surface area contributed by atoms with E-state index in [4.69, 9.17) is 0 Å². The van der Waals surface area contributed by atoms with Gasteiger partial charge in [-0.3, -0.25) is 9.59 Å². The number of rotatable bonds is 5. The van der Waals surface area contributed by atoms with E-state index in [9.17, 15) is 18.0 Å². The second kappa shape index (κ2) is 8.18. The maximum absolute atomic E-state index is 12.5. The van der Waals surface area contributed by atoms with E-state index in [-0.39, 0.29) is 16.4 Å². The van der Waals surface area contributed by atoms with E-state index in [0.29, 0.717) is 5.56 Å². The molecule has 0 spiro atoms. The number of nitrogens with one attached hydrogen (secondary N) is 1. The van der Waals surface area contributed by atoms with Gasteiger partial charge in [0, 0.05) is 32.7 Å². The Morgan fingerprint density at radius 3 is 2.35 bits per heavy atom. The molecule has 0 unspecified atom stereocenters. The summed E-state index contributed by atoms with van der Waals surface area (Å²) in [7, 11) is -0.757.